The number of halogens is 3. The molecule has 0 aliphatic carbocycles. The predicted octanol–water partition coefficient (Wildman–Crippen LogP) is 2.76. The number of nitrogens with zero attached hydrogens (tertiary/aromatic N) is 1. The van der Waals surface area contributed by atoms with Crippen molar-refractivity contribution in [3.05, 3.63) is 0 Å². The maximum absolute atomic E-state index is 12.2. The zero-order chi connectivity index (χ0) is 11.9. The van der Waals surface area contributed by atoms with Gasteiger partial charge in [-0.25, -0.2) is 8.78 Å². The second kappa shape index (κ2) is 7.52. The number of alkyl halides is 3. The number of rotatable bonds is 7. The van der Waals surface area contributed by atoms with Gasteiger partial charge in [-0.05, 0) is 20.8 Å². The SMILES string of the molecule is CC(C)(C)OCCN(CCBr)CC(F)F. The van der Waals surface area contributed by atoms with Crippen molar-refractivity contribution in [3.8, 4) is 0 Å². The fourth-order valence-corrected chi connectivity index (χ4v) is 1.59. The van der Waals surface area contributed by atoms with Crippen molar-refractivity contribution in [1.82, 2.24) is 4.90 Å². The summed E-state index contributed by atoms with van der Waals surface area (Å²) in [6.07, 6.45) is -2.28. The van der Waals surface area contributed by atoms with Gasteiger partial charge in [0.15, 0.2) is 0 Å². The Balaban J connectivity index is 3.75. The molecule has 15 heavy (non-hydrogen) atoms. The van der Waals surface area contributed by atoms with E-state index in [1.165, 1.54) is 0 Å². The molecule has 0 saturated heterocycles. The molecule has 0 unspecified atom stereocenters. The highest BCUT2D eigenvalue weighted by molar-refractivity contribution is 9.09. The van der Waals surface area contributed by atoms with Gasteiger partial charge in [0.05, 0.1) is 18.8 Å². The molecule has 2 nitrogen and oxygen atoms in total. The maximum Gasteiger partial charge on any atom is 0.251 e. The third-order valence-corrected chi connectivity index (χ3v) is 2.09. The van der Waals surface area contributed by atoms with Crippen molar-refractivity contribution in [2.75, 3.05) is 31.6 Å². The molecule has 0 aromatic carbocycles. The average Bonchev–Trinajstić information content (AvgIpc) is 2.00. The van der Waals surface area contributed by atoms with E-state index < -0.39 is 6.43 Å². The zero-order valence-electron chi connectivity index (χ0n) is 9.60. The van der Waals surface area contributed by atoms with Gasteiger partial charge in [-0.15, -0.1) is 0 Å². The molecule has 0 radical (unpaired) electrons. The molecular weight excluding hydrogens is 268 g/mol. The molecule has 0 atom stereocenters. The summed E-state index contributed by atoms with van der Waals surface area (Å²) in [5.41, 5.74) is -0.203. The van der Waals surface area contributed by atoms with E-state index in [4.69, 9.17) is 4.74 Å². The minimum absolute atomic E-state index is 0.181. The molecule has 0 aliphatic heterocycles. The van der Waals surface area contributed by atoms with Crippen molar-refractivity contribution in [2.45, 2.75) is 32.8 Å². The van der Waals surface area contributed by atoms with Crippen LogP contribution in [0.25, 0.3) is 0 Å². The average molecular weight is 288 g/mol. The second-order valence-electron chi connectivity index (χ2n) is 4.34. The number of hydrogen-bond donors (Lipinski definition) is 0. The first-order chi connectivity index (χ1) is 6.85. The van der Waals surface area contributed by atoms with Gasteiger partial charge in [0.25, 0.3) is 6.43 Å². The topological polar surface area (TPSA) is 12.5 Å². The molecule has 5 heteroatoms. The summed E-state index contributed by atoms with van der Waals surface area (Å²) < 4.78 is 29.8. The molecule has 0 aromatic heterocycles. The summed E-state index contributed by atoms with van der Waals surface area (Å²) in [5.74, 6) is 0. The van der Waals surface area contributed by atoms with Crippen molar-refractivity contribution >= 4 is 15.9 Å². The van der Waals surface area contributed by atoms with E-state index in [1.807, 2.05) is 20.8 Å². The standard InChI is InChI=1S/C10H20BrF2NO/c1-10(2,3)15-7-6-14(5-4-11)8-9(12)13/h9H,4-8H2,1-3H3. The monoisotopic (exact) mass is 287 g/mol. The van der Waals surface area contributed by atoms with Crippen LogP contribution in [-0.2, 0) is 4.74 Å². The zero-order valence-corrected chi connectivity index (χ0v) is 11.2. The first-order valence-electron chi connectivity index (χ1n) is 5.05. The third-order valence-electron chi connectivity index (χ3n) is 1.74. The minimum atomic E-state index is -2.28. The van der Waals surface area contributed by atoms with Crippen LogP contribution < -0.4 is 0 Å². The van der Waals surface area contributed by atoms with Gasteiger partial charge in [0.2, 0.25) is 0 Å². The van der Waals surface area contributed by atoms with Crippen LogP contribution >= 0.6 is 15.9 Å². The molecule has 0 N–H and O–H groups in total. The summed E-state index contributed by atoms with van der Waals surface area (Å²) in [6.45, 7) is 7.34. The molecule has 0 heterocycles. The van der Waals surface area contributed by atoms with Crippen molar-refractivity contribution < 1.29 is 13.5 Å². The second-order valence-corrected chi connectivity index (χ2v) is 5.13. The van der Waals surface area contributed by atoms with Gasteiger partial charge in [-0.2, -0.15) is 0 Å². The lowest BCUT2D eigenvalue weighted by atomic mass is 10.2. The fourth-order valence-electron chi connectivity index (χ4n) is 1.09. The van der Waals surface area contributed by atoms with Crippen molar-refractivity contribution in [1.29, 1.82) is 0 Å². The Morgan fingerprint density at radius 1 is 1.27 bits per heavy atom. The lowest BCUT2D eigenvalue weighted by Crippen LogP contribution is -2.35. The van der Waals surface area contributed by atoms with Gasteiger partial charge >= 0.3 is 0 Å². The van der Waals surface area contributed by atoms with Crippen LogP contribution in [0.3, 0.4) is 0 Å². The Morgan fingerprint density at radius 2 is 1.87 bits per heavy atom. The first-order valence-corrected chi connectivity index (χ1v) is 6.17. The van der Waals surface area contributed by atoms with Gasteiger partial charge in [-0.1, -0.05) is 15.9 Å². The van der Waals surface area contributed by atoms with E-state index in [0.29, 0.717) is 25.0 Å². The van der Waals surface area contributed by atoms with E-state index in [0.717, 1.165) is 0 Å². The van der Waals surface area contributed by atoms with Crippen LogP contribution in [0.15, 0.2) is 0 Å². The molecule has 0 aromatic rings. The van der Waals surface area contributed by atoms with Gasteiger partial charge in [0, 0.05) is 18.4 Å². The molecule has 0 fully saturated rings. The van der Waals surface area contributed by atoms with Gasteiger partial charge in [0.1, 0.15) is 0 Å². The highest BCUT2D eigenvalue weighted by atomic mass is 79.9. The van der Waals surface area contributed by atoms with E-state index >= 15 is 0 Å². The van der Waals surface area contributed by atoms with Crippen LogP contribution in [0, 0.1) is 0 Å². The Kier molecular flexibility index (Phi) is 7.65. The fraction of sp³-hybridized carbons (Fsp3) is 1.00. The molecule has 0 rings (SSSR count). The molecule has 0 aliphatic rings. The smallest absolute Gasteiger partial charge is 0.251 e. The Labute approximate surface area is 99.1 Å². The number of ether oxygens (including phenoxy) is 1. The Hall–Kier alpha value is 0.260. The van der Waals surface area contributed by atoms with Crippen LogP contribution in [0.5, 0.6) is 0 Å². The van der Waals surface area contributed by atoms with Crippen LogP contribution in [0.4, 0.5) is 8.78 Å². The molecule has 0 saturated carbocycles. The molecular formula is C10H20BrF2NO. The van der Waals surface area contributed by atoms with Crippen LogP contribution in [-0.4, -0.2) is 48.5 Å². The van der Waals surface area contributed by atoms with E-state index in [-0.39, 0.29) is 12.1 Å². The van der Waals surface area contributed by atoms with Crippen molar-refractivity contribution in [3.63, 3.8) is 0 Å². The normalized spacial score (nSPS) is 12.8. The summed E-state index contributed by atoms with van der Waals surface area (Å²) in [7, 11) is 0. The summed E-state index contributed by atoms with van der Waals surface area (Å²) in [5, 5.41) is 0.704. The minimum Gasteiger partial charge on any atom is -0.375 e. The lowest BCUT2D eigenvalue weighted by molar-refractivity contribution is -0.0180. The molecule has 92 valence electrons. The lowest BCUT2D eigenvalue weighted by Gasteiger charge is -2.24. The summed E-state index contributed by atoms with van der Waals surface area (Å²) >= 11 is 3.24. The quantitative estimate of drug-likeness (QED) is 0.668. The molecule has 0 bridgehead atoms. The predicted molar refractivity (Wildman–Crippen MR) is 61.9 cm³/mol. The largest absolute Gasteiger partial charge is 0.375 e. The molecule has 0 amide bonds. The van der Waals surface area contributed by atoms with E-state index in [2.05, 4.69) is 15.9 Å². The van der Waals surface area contributed by atoms with Crippen molar-refractivity contribution in [2.24, 2.45) is 0 Å². The Bertz CT molecular complexity index is 162. The highest BCUT2D eigenvalue weighted by Crippen LogP contribution is 2.07. The third kappa shape index (κ3) is 10.5. The van der Waals surface area contributed by atoms with Crippen LogP contribution in [0.2, 0.25) is 0 Å². The van der Waals surface area contributed by atoms with Crippen LogP contribution in [0.1, 0.15) is 20.8 Å². The highest BCUT2D eigenvalue weighted by Gasteiger charge is 2.14. The van der Waals surface area contributed by atoms with E-state index in [1.54, 1.807) is 4.90 Å². The summed E-state index contributed by atoms with van der Waals surface area (Å²) in [4.78, 5) is 1.70. The molecule has 0 spiro atoms. The summed E-state index contributed by atoms with van der Waals surface area (Å²) in [6, 6.07) is 0. The maximum atomic E-state index is 12.2. The van der Waals surface area contributed by atoms with Gasteiger partial charge in [-0.3, -0.25) is 4.90 Å². The number of hydrogen-bond acceptors (Lipinski definition) is 2. The Morgan fingerprint density at radius 3 is 2.27 bits per heavy atom. The van der Waals surface area contributed by atoms with Gasteiger partial charge < -0.3 is 4.74 Å². The van der Waals surface area contributed by atoms with E-state index in [9.17, 15) is 8.78 Å². The first kappa shape index (κ1) is 15.3.